The van der Waals surface area contributed by atoms with Gasteiger partial charge in [-0.2, -0.15) is 0 Å². The molecule has 0 heterocycles. The van der Waals surface area contributed by atoms with E-state index in [-0.39, 0.29) is 0 Å². The second-order valence-corrected chi connectivity index (χ2v) is 13.2. The molecule has 48 heavy (non-hydrogen) atoms. The summed E-state index contributed by atoms with van der Waals surface area (Å²) in [6.45, 7) is 0. The Kier molecular flexibility index (Phi) is 9.65. The maximum atomic E-state index is 2.30. The van der Waals surface area contributed by atoms with Crippen molar-refractivity contribution >= 4 is 57.6 Å². The lowest BCUT2D eigenvalue weighted by Crippen LogP contribution is -2.09. The van der Waals surface area contributed by atoms with Crippen molar-refractivity contribution in [2.24, 2.45) is 0 Å². The van der Waals surface area contributed by atoms with Crippen LogP contribution in [0.4, 0.5) is 34.1 Å². The standard InChI is InChI=1S/C44H36N2S2/c1-47-43-29-25-41(26-30-43)45(37-9-5-3-6-10-37)39-21-17-35(18-22-39)33-13-15-34(16-14-33)36-19-23-40(24-20-36)46(38-11-7-4-8-12-38)42-27-31-44(48-2)32-28-42/h3-32H,1-2H3. The third-order valence-electron chi connectivity index (χ3n) is 8.49. The molecular formula is C44H36N2S2. The fourth-order valence-electron chi connectivity index (χ4n) is 5.97. The van der Waals surface area contributed by atoms with Crippen molar-refractivity contribution in [1.82, 2.24) is 0 Å². The van der Waals surface area contributed by atoms with Crippen LogP contribution in [0.1, 0.15) is 0 Å². The average molecular weight is 657 g/mol. The van der Waals surface area contributed by atoms with Crippen molar-refractivity contribution in [3.05, 3.63) is 182 Å². The van der Waals surface area contributed by atoms with Crippen LogP contribution in [0.3, 0.4) is 0 Å². The van der Waals surface area contributed by atoms with Gasteiger partial charge < -0.3 is 9.80 Å². The van der Waals surface area contributed by atoms with Gasteiger partial charge in [0, 0.05) is 43.9 Å². The van der Waals surface area contributed by atoms with E-state index < -0.39 is 0 Å². The average Bonchev–Trinajstić information content (AvgIpc) is 3.17. The van der Waals surface area contributed by atoms with Gasteiger partial charge in [-0.05, 0) is 132 Å². The number of thioether (sulfide) groups is 2. The van der Waals surface area contributed by atoms with Crippen LogP contribution in [-0.4, -0.2) is 12.5 Å². The number of anilines is 6. The summed E-state index contributed by atoms with van der Waals surface area (Å²) in [6, 6.07) is 65.2. The zero-order valence-electron chi connectivity index (χ0n) is 27.0. The first-order valence-corrected chi connectivity index (χ1v) is 18.4. The molecule has 0 saturated carbocycles. The second-order valence-electron chi connectivity index (χ2n) is 11.4. The molecule has 0 aliphatic rings. The summed E-state index contributed by atoms with van der Waals surface area (Å²) in [5, 5.41) is 0. The predicted molar refractivity (Wildman–Crippen MR) is 210 cm³/mol. The number of hydrogen-bond acceptors (Lipinski definition) is 4. The summed E-state index contributed by atoms with van der Waals surface area (Å²) < 4.78 is 0. The Morgan fingerprint density at radius 2 is 0.500 bits per heavy atom. The molecule has 7 aromatic rings. The Morgan fingerprint density at radius 3 is 0.771 bits per heavy atom. The zero-order valence-corrected chi connectivity index (χ0v) is 28.7. The first-order valence-electron chi connectivity index (χ1n) is 16.0. The van der Waals surface area contributed by atoms with Gasteiger partial charge in [-0.1, -0.05) is 84.9 Å². The third-order valence-corrected chi connectivity index (χ3v) is 9.98. The van der Waals surface area contributed by atoms with Gasteiger partial charge in [0.2, 0.25) is 0 Å². The molecule has 0 amide bonds. The maximum absolute atomic E-state index is 2.30. The smallest absolute Gasteiger partial charge is 0.0462 e. The van der Waals surface area contributed by atoms with Crippen LogP contribution in [0.15, 0.2) is 192 Å². The molecular weight excluding hydrogens is 621 g/mol. The van der Waals surface area contributed by atoms with Crippen molar-refractivity contribution in [1.29, 1.82) is 0 Å². The highest BCUT2D eigenvalue weighted by atomic mass is 32.2. The Balaban J connectivity index is 1.12. The van der Waals surface area contributed by atoms with Crippen molar-refractivity contribution in [2.45, 2.75) is 9.79 Å². The lowest BCUT2D eigenvalue weighted by molar-refractivity contribution is 1.27. The highest BCUT2D eigenvalue weighted by molar-refractivity contribution is 7.98. The van der Waals surface area contributed by atoms with Gasteiger partial charge in [0.25, 0.3) is 0 Å². The lowest BCUT2D eigenvalue weighted by Gasteiger charge is -2.26. The lowest BCUT2D eigenvalue weighted by atomic mass is 9.99. The number of rotatable bonds is 10. The zero-order chi connectivity index (χ0) is 32.7. The predicted octanol–water partition coefficient (Wildman–Crippen LogP) is 13.4. The SMILES string of the molecule is CSc1ccc(N(c2ccccc2)c2ccc(-c3ccc(-c4ccc(N(c5ccccc5)c5ccc(SC)cc5)cc4)cc3)cc2)cc1. The molecule has 0 aliphatic carbocycles. The molecule has 0 atom stereocenters. The van der Waals surface area contributed by atoms with Crippen LogP contribution < -0.4 is 9.80 Å². The van der Waals surface area contributed by atoms with Gasteiger partial charge in [0.1, 0.15) is 0 Å². The first-order chi connectivity index (χ1) is 23.7. The molecule has 7 rings (SSSR count). The van der Waals surface area contributed by atoms with Gasteiger partial charge in [0.05, 0.1) is 0 Å². The molecule has 0 fully saturated rings. The third kappa shape index (κ3) is 6.91. The van der Waals surface area contributed by atoms with Crippen LogP contribution in [0.2, 0.25) is 0 Å². The van der Waals surface area contributed by atoms with Crippen LogP contribution in [-0.2, 0) is 0 Å². The van der Waals surface area contributed by atoms with Gasteiger partial charge in [0.15, 0.2) is 0 Å². The van der Waals surface area contributed by atoms with Crippen molar-refractivity contribution in [2.75, 3.05) is 22.3 Å². The molecule has 0 bridgehead atoms. The van der Waals surface area contributed by atoms with Crippen LogP contribution in [0.5, 0.6) is 0 Å². The minimum atomic E-state index is 1.13. The summed E-state index contributed by atoms with van der Waals surface area (Å²) in [5.74, 6) is 0. The number of nitrogens with zero attached hydrogens (tertiary/aromatic N) is 2. The first kappa shape index (κ1) is 31.4. The Hall–Kier alpha value is -5.16. The van der Waals surface area contributed by atoms with Gasteiger partial charge in [-0.3, -0.25) is 0 Å². The normalized spacial score (nSPS) is 10.9. The Bertz CT molecular complexity index is 1890. The summed E-state index contributed by atoms with van der Waals surface area (Å²) in [6.07, 6.45) is 4.22. The van der Waals surface area contributed by atoms with E-state index in [0.29, 0.717) is 0 Å². The van der Waals surface area contributed by atoms with Gasteiger partial charge >= 0.3 is 0 Å². The van der Waals surface area contributed by atoms with E-state index in [9.17, 15) is 0 Å². The number of benzene rings is 7. The monoisotopic (exact) mass is 656 g/mol. The minimum absolute atomic E-state index is 1.13. The summed E-state index contributed by atoms with van der Waals surface area (Å²) >= 11 is 3.52. The molecule has 0 aliphatic heterocycles. The van der Waals surface area contributed by atoms with E-state index in [1.165, 1.54) is 32.0 Å². The quantitative estimate of drug-likeness (QED) is 0.135. The van der Waals surface area contributed by atoms with E-state index in [4.69, 9.17) is 0 Å². The molecule has 0 radical (unpaired) electrons. The molecule has 4 heteroatoms. The van der Waals surface area contributed by atoms with Crippen molar-refractivity contribution < 1.29 is 0 Å². The summed E-state index contributed by atoms with van der Waals surface area (Å²) in [7, 11) is 0. The molecule has 0 aromatic heterocycles. The fourth-order valence-corrected chi connectivity index (χ4v) is 6.79. The van der Waals surface area contributed by atoms with Gasteiger partial charge in [-0.25, -0.2) is 0 Å². The van der Waals surface area contributed by atoms with Crippen molar-refractivity contribution in [3.8, 4) is 22.3 Å². The molecule has 0 saturated heterocycles. The molecule has 0 N–H and O–H groups in total. The topological polar surface area (TPSA) is 6.48 Å². The Labute approximate surface area is 292 Å². The summed E-state index contributed by atoms with van der Waals surface area (Å²) in [4.78, 5) is 7.12. The van der Waals surface area contributed by atoms with Crippen molar-refractivity contribution in [3.63, 3.8) is 0 Å². The van der Waals surface area contributed by atoms with Crippen LogP contribution in [0, 0.1) is 0 Å². The highest BCUT2D eigenvalue weighted by Crippen LogP contribution is 2.38. The summed E-state index contributed by atoms with van der Waals surface area (Å²) in [5.41, 5.74) is 11.6. The van der Waals surface area contributed by atoms with E-state index in [1.54, 1.807) is 23.5 Å². The highest BCUT2D eigenvalue weighted by Gasteiger charge is 2.14. The maximum Gasteiger partial charge on any atom is 0.0462 e. The fraction of sp³-hybridized carbons (Fsp3) is 0.0455. The second kappa shape index (κ2) is 14.7. The van der Waals surface area contributed by atoms with Crippen LogP contribution in [0.25, 0.3) is 22.3 Å². The van der Waals surface area contributed by atoms with E-state index in [2.05, 4.69) is 204 Å². The number of para-hydroxylation sites is 2. The minimum Gasteiger partial charge on any atom is -0.311 e. The Morgan fingerprint density at radius 1 is 0.271 bits per heavy atom. The molecule has 7 aromatic carbocycles. The van der Waals surface area contributed by atoms with E-state index in [0.717, 1.165) is 34.1 Å². The van der Waals surface area contributed by atoms with Crippen LogP contribution >= 0.6 is 23.5 Å². The molecule has 2 nitrogen and oxygen atoms in total. The number of hydrogen-bond donors (Lipinski definition) is 0. The van der Waals surface area contributed by atoms with E-state index >= 15 is 0 Å². The largest absolute Gasteiger partial charge is 0.311 e. The molecule has 0 spiro atoms. The van der Waals surface area contributed by atoms with E-state index in [1.807, 2.05) is 0 Å². The van der Waals surface area contributed by atoms with Gasteiger partial charge in [-0.15, -0.1) is 23.5 Å². The molecule has 0 unspecified atom stereocenters. The molecule has 234 valence electrons.